The van der Waals surface area contributed by atoms with Crippen LogP contribution < -0.4 is 0 Å². The first-order valence-corrected chi connectivity index (χ1v) is 5.21. The second kappa shape index (κ2) is 3.26. The molecule has 0 unspecified atom stereocenters. The monoisotopic (exact) mass is 334 g/mol. The van der Waals surface area contributed by atoms with Gasteiger partial charge >= 0.3 is 0 Å². The Morgan fingerprint density at radius 1 is 1.33 bits per heavy atom. The molecule has 2 rings (SSSR count). The Bertz CT molecular complexity index is 430. The van der Waals surface area contributed by atoms with Crippen molar-refractivity contribution in [3.05, 3.63) is 32.4 Å². The van der Waals surface area contributed by atoms with Crippen molar-refractivity contribution in [2.24, 2.45) is 0 Å². The van der Waals surface area contributed by atoms with E-state index in [1.165, 1.54) is 3.57 Å². The third-order valence-corrected chi connectivity index (χ3v) is 2.86. The molecule has 1 aromatic carbocycles. The fourth-order valence-corrected chi connectivity index (χ4v) is 1.90. The number of rotatable bonds is 0. The van der Waals surface area contributed by atoms with Crippen molar-refractivity contribution in [2.45, 2.75) is 0 Å². The maximum Gasteiger partial charge on any atom is 0.0941 e. The molecule has 0 aliphatic carbocycles. The molecule has 1 heterocycles. The maximum atomic E-state index is 4.00. The van der Waals surface area contributed by atoms with Crippen LogP contribution in [0.25, 0.3) is 10.9 Å². The maximum absolute atomic E-state index is 4.00. The average molecular weight is 335 g/mol. The van der Waals surface area contributed by atoms with Gasteiger partial charge in [0.1, 0.15) is 0 Å². The Kier molecular flexibility index (Phi) is 2.27. The van der Waals surface area contributed by atoms with Crippen LogP contribution in [0.5, 0.6) is 0 Å². The molecule has 0 atom stereocenters. The fourth-order valence-electron chi connectivity index (χ4n) is 0.998. The van der Waals surface area contributed by atoms with E-state index in [-0.39, 0.29) is 0 Å². The van der Waals surface area contributed by atoms with Gasteiger partial charge in [-0.2, -0.15) is 10.2 Å². The Balaban J connectivity index is 2.88. The molecule has 2 nitrogen and oxygen atoms in total. The number of aromatic nitrogens is 2. The van der Waals surface area contributed by atoms with Gasteiger partial charge in [-0.25, -0.2) is 0 Å². The third kappa shape index (κ3) is 1.45. The molecule has 12 heavy (non-hydrogen) atoms. The second-order valence-electron chi connectivity index (χ2n) is 2.35. The molecular weight excluding hydrogens is 331 g/mol. The highest BCUT2D eigenvalue weighted by Gasteiger charge is 1.99. The average Bonchev–Trinajstić information content (AvgIpc) is 2.07. The molecule has 0 amide bonds. The highest BCUT2D eigenvalue weighted by molar-refractivity contribution is 14.1. The van der Waals surface area contributed by atoms with Crippen LogP contribution in [0.4, 0.5) is 0 Å². The highest BCUT2D eigenvalue weighted by atomic mass is 127. The Labute approximate surface area is 91.7 Å². The van der Waals surface area contributed by atoms with Crippen LogP contribution in [0.15, 0.2) is 28.9 Å². The summed E-state index contributed by atoms with van der Waals surface area (Å²) < 4.78 is 2.19. The third-order valence-electron chi connectivity index (χ3n) is 1.55. The lowest BCUT2D eigenvalue weighted by Crippen LogP contribution is -1.84. The van der Waals surface area contributed by atoms with Crippen LogP contribution in [0, 0.1) is 3.57 Å². The molecule has 0 radical (unpaired) electrons. The van der Waals surface area contributed by atoms with Gasteiger partial charge in [-0.3, -0.25) is 0 Å². The zero-order valence-electron chi connectivity index (χ0n) is 5.96. The number of hydrogen-bond acceptors (Lipinski definition) is 2. The Morgan fingerprint density at radius 3 is 3.00 bits per heavy atom. The van der Waals surface area contributed by atoms with Gasteiger partial charge in [-0.15, -0.1) is 0 Å². The van der Waals surface area contributed by atoms with E-state index >= 15 is 0 Å². The van der Waals surface area contributed by atoms with Crippen molar-refractivity contribution in [1.29, 1.82) is 0 Å². The molecular formula is C8H4BrIN2. The Hall–Kier alpha value is -0.230. The van der Waals surface area contributed by atoms with Crippen molar-refractivity contribution >= 4 is 49.4 Å². The van der Waals surface area contributed by atoms with E-state index in [4.69, 9.17) is 0 Å². The lowest BCUT2D eigenvalue weighted by molar-refractivity contribution is 1.07. The summed E-state index contributed by atoms with van der Waals surface area (Å²) in [5.41, 5.74) is 0.921. The van der Waals surface area contributed by atoms with Gasteiger partial charge in [-0.1, -0.05) is 0 Å². The predicted octanol–water partition coefficient (Wildman–Crippen LogP) is 3.00. The number of hydrogen-bond donors (Lipinski definition) is 0. The van der Waals surface area contributed by atoms with Crippen LogP contribution in [-0.4, -0.2) is 10.2 Å². The largest absolute Gasteiger partial charge is 0.157 e. The van der Waals surface area contributed by atoms with Crippen molar-refractivity contribution in [2.75, 3.05) is 0 Å². The molecule has 0 fully saturated rings. The first-order chi connectivity index (χ1) is 5.77. The Morgan fingerprint density at radius 2 is 2.17 bits per heavy atom. The topological polar surface area (TPSA) is 25.8 Å². The summed E-state index contributed by atoms with van der Waals surface area (Å²) in [7, 11) is 0. The quantitative estimate of drug-likeness (QED) is 0.692. The first-order valence-electron chi connectivity index (χ1n) is 3.34. The molecule has 0 aliphatic rings. The molecule has 0 saturated carbocycles. The van der Waals surface area contributed by atoms with Gasteiger partial charge in [-0.05, 0) is 56.7 Å². The lowest BCUT2D eigenvalue weighted by Gasteiger charge is -1.97. The summed E-state index contributed by atoms with van der Waals surface area (Å²) in [6, 6.07) is 6.06. The molecule has 0 spiro atoms. The molecule has 0 bridgehead atoms. The van der Waals surface area contributed by atoms with Gasteiger partial charge < -0.3 is 0 Å². The standard InChI is InChI=1S/C8H4BrIN2/c9-7-4-11-12-8-2-1-5(10)3-6(7)8/h1-4H. The van der Waals surface area contributed by atoms with Crippen molar-refractivity contribution in [1.82, 2.24) is 10.2 Å². The van der Waals surface area contributed by atoms with Crippen molar-refractivity contribution < 1.29 is 0 Å². The zero-order valence-corrected chi connectivity index (χ0v) is 9.70. The summed E-state index contributed by atoms with van der Waals surface area (Å²) in [6.45, 7) is 0. The number of halogens is 2. The van der Waals surface area contributed by atoms with E-state index in [1.807, 2.05) is 12.1 Å². The van der Waals surface area contributed by atoms with E-state index in [2.05, 4.69) is 54.8 Å². The van der Waals surface area contributed by atoms with Crippen LogP contribution >= 0.6 is 38.5 Å². The molecule has 2 aromatic rings. The number of benzene rings is 1. The predicted molar refractivity (Wildman–Crippen MR) is 60.0 cm³/mol. The van der Waals surface area contributed by atoms with Gasteiger partial charge in [0, 0.05) is 13.4 Å². The minimum absolute atomic E-state index is 0.921. The fraction of sp³-hybridized carbons (Fsp3) is 0. The molecule has 4 heteroatoms. The number of fused-ring (bicyclic) bond motifs is 1. The molecule has 60 valence electrons. The van der Waals surface area contributed by atoms with E-state index < -0.39 is 0 Å². The normalized spacial score (nSPS) is 10.5. The lowest BCUT2D eigenvalue weighted by atomic mass is 10.2. The summed E-state index contributed by atoms with van der Waals surface area (Å²) in [5.74, 6) is 0. The number of nitrogens with zero attached hydrogens (tertiary/aromatic N) is 2. The summed E-state index contributed by atoms with van der Waals surface area (Å²) in [5, 5.41) is 8.95. The molecule has 0 saturated heterocycles. The smallest absolute Gasteiger partial charge is 0.0941 e. The SMILES string of the molecule is Brc1cnnc2ccc(I)cc12. The van der Waals surface area contributed by atoms with Crippen LogP contribution in [0.2, 0.25) is 0 Å². The summed E-state index contributed by atoms with van der Waals surface area (Å²) in [4.78, 5) is 0. The first kappa shape index (κ1) is 8.37. The van der Waals surface area contributed by atoms with Crippen LogP contribution in [-0.2, 0) is 0 Å². The molecule has 0 N–H and O–H groups in total. The molecule has 1 aromatic heterocycles. The van der Waals surface area contributed by atoms with E-state index in [0.717, 1.165) is 15.4 Å². The minimum Gasteiger partial charge on any atom is -0.157 e. The van der Waals surface area contributed by atoms with Crippen molar-refractivity contribution in [3.8, 4) is 0 Å². The van der Waals surface area contributed by atoms with Crippen molar-refractivity contribution in [3.63, 3.8) is 0 Å². The van der Waals surface area contributed by atoms with Crippen LogP contribution in [0.3, 0.4) is 0 Å². The van der Waals surface area contributed by atoms with Gasteiger partial charge in [0.2, 0.25) is 0 Å². The molecule has 0 aliphatic heterocycles. The van der Waals surface area contributed by atoms with Gasteiger partial charge in [0.25, 0.3) is 0 Å². The highest BCUT2D eigenvalue weighted by Crippen LogP contribution is 2.22. The van der Waals surface area contributed by atoms with E-state index in [9.17, 15) is 0 Å². The second-order valence-corrected chi connectivity index (χ2v) is 4.45. The van der Waals surface area contributed by atoms with E-state index in [1.54, 1.807) is 6.20 Å². The summed E-state index contributed by atoms with van der Waals surface area (Å²) >= 11 is 5.70. The van der Waals surface area contributed by atoms with E-state index in [0.29, 0.717) is 0 Å². The summed E-state index contributed by atoms with van der Waals surface area (Å²) in [6.07, 6.45) is 1.71. The van der Waals surface area contributed by atoms with Gasteiger partial charge in [0.15, 0.2) is 0 Å². The zero-order chi connectivity index (χ0) is 8.55. The van der Waals surface area contributed by atoms with Gasteiger partial charge in [0.05, 0.1) is 11.7 Å². The van der Waals surface area contributed by atoms with Crippen LogP contribution in [0.1, 0.15) is 0 Å². The minimum atomic E-state index is 0.921.